The molecule has 0 spiro atoms. The number of rotatable bonds is 4. The summed E-state index contributed by atoms with van der Waals surface area (Å²) in [7, 11) is 0. The summed E-state index contributed by atoms with van der Waals surface area (Å²) in [6.45, 7) is 7.82. The van der Waals surface area contributed by atoms with Gasteiger partial charge in [-0.15, -0.1) is 0 Å². The standard InChI is InChI=1S/C15H24O2/c1-10-5-6-11-12(9-10)15(11,4)13(16)7-8-14(2,3)17/h9,11-12,17H,5-8H2,1-4H3. The summed E-state index contributed by atoms with van der Waals surface area (Å²) in [5.74, 6) is 1.40. The van der Waals surface area contributed by atoms with Crippen LogP contribution >= 0.6 is 0 Å². The Morgan fingerprint density at radius 3 is 2.76 bits per heavy atom. The predicted molar refractivity (Wildman–Crippen MR) is 68.6 cm³/mol. The van der Waals surface area contributed by atoms with Gasteiger partial charge in [-0.05, 0) is 51.9 Å². The third-order valence-corrected chi connectivity index (χ3v) is 4.67. The van der Waals surface area contributed by atoms with E-state index in [4.69, 9.17) is 0 Å². The van der Waals surface area contributed by atoms with E-state index in [1.165, 1.54) is 5.57 Å². The van der Waals surface area contributed by atoms with E-state index in [1.807, 2.05) is 0 Å². The summed E-state index contributed by atoms with van der Waals surface area (Å²) < 4.78 is 0. The maximum atomic E-state index is 12.3. The molecule has 2 aliphatic rings. The first kappa shape index (κ1) is 12.8. The number of hydrogen-bond acceptors (Lipinski definition) is 2. The van der Waals surface area contributed by atoms with Gasteiger partial charge in [0.1, 0.15) is 5.78 Å². The molecule has 2 aliphatic carbocycles. The van der Waals surface area contributed by atoms with Gasteiger partial charge >= 0.3 is 0 Å². The Morgan fingerprint density at radius 1 is 1.59 bits per heavy atom. The fourth-order valence-corrected chi connectivity index (χ4v) is 3.26. The SMILES string of the molecule is CC1=CC2C(CC1)C2(C)C(=O)CCC(C)(C)O. The van der Waals surface area contributed by atoms with Crippen LogP contribution < -0.4 is 0 Å². The molecular weight excluding hydrogens is 212 g/mol. The van der Waals surface area contributed by atoms with Crippen LogP contribution in [0.5, 0.6) is 0 Å². The van der Waals surface area contributed by atoms with Crippen LogP contribution in [0.4, 0.5) is 0 Å². The third-order valence-electron chi connectivity index (χ3n) is 4.67. The molecule has 96 valence electrons. The van der Waals surface area contributed by atoms with Crippen LogP contribution in [0.3, 0.4) is 0 Å². The van der Waals surface area contributed by atoms with E-state index in [-0.39, 0.29) is 5.41 Å². The topological polar surface area (TPSA) is 37.3 Å². The lowest BCUT2D eigenvalue weighted by molar-refractivity contribution is -0.125. The number of Topliss-reactive ketones (excluding diaryl/α,β-unsaturated/α-hetero) is 1. The summed E-state index contributed by atoms with van der Waals surface area (Å²) >= 11 is 0. The van der Waals surface area contributed by atoms with Gasteiger partial charge in [0.05, 0.1) is 5.60 Å². The predicted octanol–water partition coefficient (Wildman–Crippen LogP) is 3.10. The van der Waals surface area contributed by atoms with E-state index in [1.54, 1.807) is 13.8 Å². The molecule has 1 N–H and O–H groups in total. The van der Waals surface area contributed by atoms with E-state index in [9.17, 15) is 9.90 Å². The van der Waals surface area contributed by atoms with Gasteiger partial charge in [-0.25, -0.2) is 0 Å². The molecule has 0 aliphatic heterocycles. The van der Waals surface area contributed by atoms with Crippen LogP contribution in [0.1, 0.15) is 53.4 Å². The van der Waals surface area contributed by atoms with Gasteiger partial charge in [0, 0.05) is 11.8 Å². The first-order chi connectivity index (χ1) is 7.75. The number of carbonyl (C=O) groups is 1. The Labute approximate surface area is 104 Å². The molecule has 2 heteroatoms. The number of allylic oxidation sites excluding steroid dienone is 2. The molecular formula is C15H24O2. The fourth-order valence-electron chi connectivity index (χ4n) is 3.26. The second-order valence-electron chi connectivity index (χ2n) is 6.70. The van der Waals surface area contributed by atoms with Gasteiger partial charge in [-0.1, -0.05) is 18.6 Å². The van der Waals surface area contributed by atoms with Crippen LogP contribution in [-0.4, -0.2) is 16.5 Å². The summed E-state index contributed by atoms with van der Waals surface area (Å²) in [6.07, 6.45) is 5.70. The quantitative estimate of drug-likeness (QED) is 0.762. The molecule has 3 atom stereocenters. The first-order valence-corrected chi connectivity index (χ1v) is 6.68. The summed E-state index contributed by atoms with van der Waals surface area (Å²) in [5, 5.41) is 9.69. The number of ketones is 1. The van der Waals surface area contributed by atoms with Crippen molar-refractivity contribution in [1.29, 1.82) is 0 Å². The van der Waals surface area contributed by atoms with Gasteiger partial charge in [-0.3, -0.25) is 4.79 Å². The van der Waals surface area contributed by atoms with Crippen LogP contribution in [0.25, 0.3) is 0 Å². The average Bonchev–Trinajstić information content (AvgIpc) is 2.81. The molecule has 17 heavy (non-hydrogen) atoms. The number of aliphatic hydroxyl groups is 1. The van der Waals surface area contributed by atoms with Crippen LogP contribution in [0.2, 0.25) is 0 Å². The Hall–Kier alpha value is -0.630. The second kappa shape index (κ2) is 3.94. The van der Waals surface area contributed by atoms with Crippen molar-refractivity contribution in [3.8, 4) is 0 Å². The number of carbonyl (C=O) groups excluding carboxylic acids is 1. The second-order valence-corrected chi connectivity index (χ2v) is 6.70. The normalized spacial score (nSPS) is 36.2. The van der Waals surface area contributed by atoms with E-state index in [0.29, 0.717) is 30.5 Å². The highest BCUT2D eigenvalue weighted by atomic mass is 16.3. The Bertz CT molecular complexity index is 362. The Kier molecular flexibility index (Phi) is 2.97. The highest BCUT2D eigenvalue weighted by molar-refractivity contribution is 5.89. The van der Waals surface area contributed by atoms with E-state index < -0.39 is 5.60 Å². The highest BCUT2D eigenvalue weighted by Crippen LogP contribution is 2.64. The summed E-state index contributed by atoms with van der Waals surface area (Å²) in [6, 6.07) is 0. The lowest BCUT2D eigenvalue weighted by Gasteiger charge is -2.18. The molecule has 1 fully saturated rings. The molecule has 0 bridgehead atoms. The average molecular weight is 236 g/mol. The van der Waals surface area contributed by atoms with E-state index in [0.717, 1.165) is 12.8 Å². The third kappa shape index (κ3) is 2.33. The Morgan fingerprint density at radius 2 is 2.24 bits per heavy atom. The van der Waals surface area contributed by atoms with Crippen molar-refractivity contribution >= 4 is 5.78 Å². The van der Waals surface area contributed by atoms with Crippen LogP contribution in [0, 0.1) is 17.3 Å². The molecule has 0 aromatic heterocycles. The minimum Gasteiger partial charge on any atom is -0.390 e. The van der Waals surface area contributed by atoms with Crippen LogP contribution in [0.15, 0.2) is 11.6 Å². The smallest absolute Gasteiger partial charge is 0.139 e. The lowest BCUT2D eigenvalue weighted by Crippen LogP contribution is -2.23. The summed E-state index contributed by atoms with van der Waals surface area (Å²) in [5.41, 5.74) is 0.589. The number of hydrogen-bond donors (Lipinski definition) is 1. The van der Waals surface area contributed by atoms with Crippen molar-refractivity contribution < 1.29 is 9.90 Å². The maximum absolute atomic E-state index is 12.3. The zero-order chi connectivity index (χ0) is 12.8. The molecule has 3 unspecified atom stereocenters. The highest BCUT2D eigenvalue weighted by Gasteiger charge is 2.64. The monoisotopic (exact) mass is 236 g/mol. The maximum Gasteiger partial charge on any atom is 0.139 e. The van der Waals surface area contributed by atoms with Gasteiger partial charge in [0.15, 0.2) is 0 Å². The minimum atomic E-state index is -0.724. The first-order valence-electron chi connectivity index (χ1n) is 6.68. The lowest BCUT2D eigenvalue weighted by atomic mass is 9.91. The molecule has 0 saturated heterocycles. The van der Waals surface area contributed by atoms with Crippen molar-refractivity contribution in [3.63, 3.8) is 0 Å². The fraction of sp³-hybridized carbons (Fsp3) is 0.800. The van der Waals surface area contributed by atoms with Gasteiger partial charge in [-0.2, -0.15) is 0 Å². The zero-order valence-electron chi connectivity index (χ0n) is 11.4. The minimum absolute atomic E-state index is 0.122. The molecule has 2 rings (SSSR count). The van der Waals surface area contributed by atoms with E-state index >= 15 is 0 Å². The molecule has 0 radical (unpaired) electrons. The van der Waals surface area contributed by atoms with Gasteiger partial charge < -0.3 is 5.11 Å². The molecule has 0 aromatic rings. The van der Waals surface area contributed by atoms with E-state index in [2.05, 4.69) is 19.9 Å². The summed E-state index contributed by atoms with van der Waals surface area (Å²) in [4.78, 5) is 12.3. The van der Waals surface area contributed by atoms with Crippen molar-refractivity contribution in [1.82, 2.24) is 0 Å². The molecule has 0 aromatic carbocycles. The largest absolute Gasteiger partial charge is 0.390 e. The number of fused-ring (bicyclic) bond motifs is 1. The van der Waals surface area contributed by atoms with Crippen LogP contribution in [-0.2, 0) is 4.79 Å². The molecule has 0 heterocycles. The zero-order valence-corrected chi connectivity index (χ0v) is 11.4. The molecule has 2 nitrogen and oxygen atoms in total. The van der Waals surface area contributed by atoms with Crippen molar-refractivity contribution in [3.05, 3.63) is 11.6 Å². The van der Waals surface area contributed by atoms with Gasteiger partial charge in [0.2, 0.25) is 0 Å². The molecule has 0 amide bonds. The Balaban J connectivity index is 1.98. The molecule has 1 saturated carbocycles. The van der Waals surface area contributed by atoms with Crippen molar-refractivity contribution in [2.75, 3.05) is 0 Å². The van der Waals surface area contributed by atoms with Crippen molar-refractivity contribution in [2.45, 2.75) is 59.0 Å². The van der Waals surface area contributed by atoms with Crippen molar-refractivity contribution in [2.24, 2.45) is 17.3 Å². The van der Waals surface area contributed by atoms with Gasteiger partial charge in [0.25, 0.3) is 0 Å².